The van der Waals surface area contributed by atoms with Crippen LogP contribution in [0.2, 0.25) is 0 Å². The number of nitrogens with zero attached hydrogens (tertiary/aromatic N) is 3. The number of aromatic nitrogens is 2. The Balaban J connectivity index is 1.71. The van der Waals surface area contributed by atoms with Gasteiger partial charge in [-0.1, -0.05) is 0 Å². The summed E-state index contributed by atoms with van der Waals surface area (Å²) in [5, 5.41) is 0. The molecular weight excluding hydrogens is 267 g/mol. The lowest BCUT2D eigenvalue weighted by Gasteiger charge is -2.16. The van der Waals surface area contributed by atoms with Gasteiger partial charge in [-0.05, 0) is 30.0 Å². The van der Waals surface area contributed by atoms with Crippen molar-refractivity contribution in [3.8, 4) is 0 Å². The lowest BCUT2D eigenvalue weighted by Crippen LogP contribution is -2.23. The largest absolute Gasteiger partial charge is 0.324 e. The number of likely N-dealkylation sites (tertiary alicyclic amines) is 1. The molecule has 0 saturated carbocycles. The van der Waals surface area contributed by atoms with Crippen molar-refractivity contribution in [1.29, 1.82) is 0 Å². The highest BCUT2D eigenvalue weighted by atomic mass is 19.2. The normalized spacial score (nSPS) is 19.6. The van der Waals surface area contributed by atoms with Crippen LogP contribution in [0.15, 0.2) is 30.9 Å². The van der Waals surface area contributed by atoms with Gasteiger partial charge in [-0.3, -0.25) is 4.90 Å². The van der Waals surface area contributed by atoms with Gasteiger partial charge in [0.25, 0.3) is 0 Å². The van der Waals surface area contributed by atoms with Crippen LogP contribution in [0.1, 0.15) is 17.9 Å². The van der Waals surface area contributed by atoms with Gasteiger partial charge in [-0.25, -0.2) is 18.2 Å². The van der Waals surface area contributed by atoms with Crippen molar-refractivity contribution in [2.24, 2.45) is 0 Å². The summed E-state index contributed by atoms with van der Waals surface area (Å²) in [7, 11) is 0. The van der Waals surface area contributed by atoms with Crippen LogP contribution < -0.4 is 0 Å². The number of hydrogen-bond donors (Lipinski definition) is 0. The van der Waals surface area contributed by atoms with Crippen LogP contribution >= 0.6 is 0 Å². The van der Waals surface area contributed by atoms with Gasteiger partial charge in [0.05, 0.1) is 13.0 Å². The van der Waals surface area contributed by atoms with E-state index in [0.717, 1.165) is 25.1 Å². The molecule has 1 aliphatic heterocycles. The summed E-state index contributed by atoms with van der Waals surface area (Å²) in [6, 6.07) is 2.20. The third-order valence-corrected chi connectivity index (χ3v) is 3.67. The average molecular weight is 281 g/mol. The van der Waals surface area contributed by atoms with E-state index in [0.29, 0.717) is 18.8 Å². The summed E-state index contributed by atoms with van der Waals surface area (Å²) in [6.45, 7) is 2.23. The number of benzene rings is 1. The topological polar surface area (TPSA) is 21.1 Å². The number of halogens is 3. The first-order valence-electron chi connectivity index (χ1n) is 6.46. The number of rotatable bonds is 3. The monoisotopic (exact) mass is 281 g/mol. The van der Waals surface area contributed by atoms with Crippen molar-refractivity contribution >= 4 is 0 Å². The lowest BCUT2D eigenvalue weighted by atomic mass is 9.98. The van der Waals surface area contributed by atoms with Gasteiger partial charge >= 0.3 is 0 Å². The van der Waals surface area contributed by atoms with Crippen molar-refractivity contribution in [1.82, 2.24) is 14.5 Å². The van der Waals surface area contributed by atoms with Gasteiger partial charge in [0.1, 0.15) is 0 Å². The van der Waals surface area contributed by atoms with E-state index in [1.165, 1.54) is 0 Å². The molecule has 0 N–H and O–H groups in total. The Kier molecular flexibility index (Phi) is 3.48. The van der Waals surface area contributed by atoms with Crippen LogP contribution in [0.4, 0.5) is 13.2 Å². The molecular formula is C14H14F3N3. The summed E-state index contributed by atoms with van der Waals surface area (Å²) >= 11 is 0. The predicted octanol–water partition coefficient (Wildman–Crippen LogP) is 2.75. The minimum Gasteiger partial charge on any atom is -0.324 e. The zero-order chi connectivity index (χ0) is 14.1. The molecule has 2 aromatic rings. The minimum atomic E-state index is -1.40. The Morgan fingerprint density at radius 3 is 2.60 bits per heavy atom. The van der Waals surface area contributed by atoms with Gasteiger partial charge < -0.3 is 4.57 Å². The highest BCUT2D eigenvalue weighted by Gasteiger charge is 2.25. The predicted molar refractivity (Wildman–Crippen MR) is 67.5 cm³/mol. The maximum Gasteiger partial charge on any atom is 0.194 e. The molecule has 1 atom stereocenters. The highest BCUT2D eigenvalue weighted by molar-refractivity contribution is 5.24. The first kappa shape index (κ1) is 13.2. The van der Waals surface area contributed by atoms with Crippen molar-refractivity contribution in [2.75, 3.05) is 13.1 Å². The Bertz CT molecular complexity index is 575. The third kappa shape index (κ3) is 2.56. The standard InChI is InChI=1S/C14H14F3N3/c15-12-5-11(6-13(16)14(12)17)10-1-3-19(7-10)9-20-4-2-18-8-20/h2,4-6,8,10H,1,3,7,9H2. The van der Waals surface area contributed by atoms with E-state index in [9.17, 15) is 13.2 Å². The van der Waals surface area contributed by atoms with Gasteiger partial charge in [0.15, 0.2) is 17.5 Å². The van der Waals surface area contributed by atoms with E-state index in [-0.39, 0.29) is 5.92 Å². The number of imidazole rings is 1. The zero-order valence-corrected chi connectivity index (χ0v) is 10.8. The Morgan fingerprint density at radius 1 is 1.20 bits per heavy atom. The Morgan fingerprint density at radius 2 is 1.95 bits per heavy atom. The molecule has 106 valence electrons. The molecule has 3 rings (SSSR count). The van der Waals surface area contributed by atoms with Crippen LogP contribution in [0.3, 0.4) is 0 Å². The van der Waals surface area contributed by atoms with E-state index in [1.807, 2.05) is 10.8 Å². The SMILES string of the molecule is Fc1cc(C2CCN(Cn3ccnc3)C2)cc(F)c1F. The fourth-order valence-electron chi connectivity index (χ4n) is 2.65. The van der Waals surface area contributed by atoms with Crippen LogP contribution in [0.25, 0.3) is 0 Å². The molecule has 1 unspecified atom stereocenters. The molecule has 1 aliphatic rings. The summed E-state index contributed by atoms with van der Waals surface area (Å²) in [5.74, 6) is -3.61. The first-order valence-corrected chi connectivity index (χ1v) is 6.46. The fraction of sp³-hybridized carbons (Fsp3) is 0.357. The molecule has 1 aromatic heterocycles. The van der Waals surface area contributed by atoms with Crippen LogP contribution in [0.5, 0.6) is 0 Å². The smallest absolute Gasteiger partial charge is 0.194 e. The summed E-state index contributed by atoms with van der Waals surface area (Å²) in [6.07, 6.45) is 6.10. The maximum absolute atomic E-state index is 13.3. The molecule has 3 nitrogen and oxygen atoms in total. The number of hydrogen-bond acceptors (Lipinski definition) is 2. The molecule has 1 fully saturated rings. The average Bonchev–Trinajstić information content (AvgIpc) is 3.07. The van der Waals surface area contributed by atoms with Crippen molar-refractivity contribution in [3.63, 3.8) is 0 Å². The Hall–Kier alpha value is -1.82. The molecule has 1 aromatic carbocycles. The maximum atomic E-state index is 13.3. The summed E-state index contributed by atoms with van der Waals surface area (Å²) in [5.41, 5.74) is 0.523. The second-order valence-corrected chi connectivity index (χ2v) is 5.08. The summed E-state index contributed by atoms with van der Waals surface area (Å²) in [4.78, 5) is 6.14. The molecule has 0 aliphatic carbocycles. The van der Waals surface area contributed by atoms with Crippen molar-refractivity contribution in [2.45, 2.75) is 19.0 Å². The van der Waals surface area contributed by atoms with Crippen molar-refractivity contribution < 1.29 is 13.2 Å². The van der Waals surface area contributed by atoms with E-state index in [4.69, 9.17) is 0 Å². The van der Waals surface area contributed by atoms with E-state index >= 15 is 0 Å². The highest BCUT2D eigenvalue weighted by Crippen LogP contribution is 2.29. The van der Waals surface area contributed by atoms with Gasteiger partial charge in [0, 0.05) is 25.5 Å². The summed E-state index contributed by atoms with van der Waals surface area (Å²) < 4.78 is 41.4. The first-order chi connectivity index (χ1) is 9.63. The fourth-order valence-corrected chi connectivity index (χ4v) is 2.65. The van der Waals surface area contributed by atoms with E-state index < -0.39 is 17.5 Å². The minimum absolute atomic E-state index is 0.0307. The molecule has 20 heavy (non-hydrogen) atoms. The second kappa shape index (κ2) is 5.28. The van der Waals surface area contributed by atoms with Crippen LogP contribution in [0, 0.1) is 17.5 Å². The molecule has 0 amide bonds. The third-order valence-electron chi connectivity index (χ3n) is 3.67. The molecule has 6 heteroatoms. The molecule has 0 radical (unpaired) electrons. The van der Waals surface area contributed by atoms with Crippen LogP contribution in [-0.2, 0) is 6.67 Å². The van der Waals surface area contributed by atoms with E-state index in [2.05, 4.69) is 9.88 Å². The molecule has 0 spiro atoms. The second-order valence-electron chi connectivity index (χ2n) is 5.08. The van der Waals surface area contributed by atoms with Gasteiger partial charge in [0.2, 0.25) is 0 Å². The molecule has 1 saturated heterocycles. The quantitative estimate of drug-likeness (QED) is 0.807. The zero-order valence-electron chi connectivity index (χ0n) is 10.8. The lowest BCUT2D eigenvalue weighted by molar-refractivity contribution is 0.266. The van der Waals surface area contributed by atoms with Gasteiger partial charge in [-0.2, -0.15) is 0 Å². The van der Waals surface area contributed by atoms with Gasteiger partial charge in [-0.15, -0.1) is 0 Å². The van der Waals surface area contributed by atoms with Crippen molar-refractivity contribution in [3.05, 3.63) is 53.9 Å². The molecule has 0 bridgehead atoms. The molecule has 2 heterocycles. The Labute approximate surface area is 114 Å². The van der Waals surface area contributed by atoms with E-state index in [1.54, 1.807) is 12.5 Å². The van der Waals surface area contributed by atoms with Crippen LogP contribution in [-0.4, -0.2) is 27.5 Å².